The van der Waals surface area contributed by atoms with Crippen LogP contribution in [0.15, 0.2) is 10.6 Å². The van der Waals surface area contributed by atoms with Crippen molar-refractivity contribution in [3.63, 3.8) is 0 Å². The Hall–Kier alpha value is -1.73. The molecule has 0 aromatic carbocycles. The molecule has 0 saturated carbocycles. The summed E-state index contributed by atoms with van der Waals surface area (Å²) in [5.41, 5.74) is 7.98. The third-order valence-electron chi connectivity index (χ3n) is 3.63. The Kier molecular flexibility index (Phi) is 5.08. The van der Waals surface area contributed by atoms with Crippen molar-refractivity contribution in [1.82, 2.24) is 24.8 Å². The van der Waals surface area contributed by atoms with Crippen LogP contribution in [-0.2, 0) is 13.5 Å². The molecule has 0 radical (unpaired) electrons. The van der Waals surface area contributed by atoms with Crippen LogP contribution in [0.25, 0.3) is 11.6 Å². The smallest absolute Gasteiger partial charge is 0.276 e. The predicted octanol–water partition coefficient (Wildman–Crippen LogP) is 1.37. The number of nitrogens with zero attached hydrogens (tertiary/aromatic N) is 5. The molecule has 0 bridgehead atoms. The Morgan fingerprint density at radius 1 is 1.33 bits per heavy atom. The zero-order valence-electron chi connectivity index (χ0n) is 13.2. The Bertz CT molecular complexity index is 572. The second-order valence-electron chi connectivity index (χ2n) is 5.05. The van der Waals surface area contributed by atoms with Crippen LogP contribution in [0.2, 0.25) is 0 Å². The van der Waals surface area contributed by atoms with Gasteiger partial charge >= 0.3 is 0 Å². The van der Waals surface area contributed by atoms with Crippen molar-refractivity contribution in [2.75, 3.05) is 19.6 Å². The van der Waals surface area contributed by atoms with Crippen molar-refractivity contribution in [2.45, 2.75) is 33.2 Å². The van der Waals surface area contributed by atoms with E-state index < -0.39 is 0 Å². The first kappa shape index (κ1) is 15.7. The van der Waals surface area contributed by atoms with Crippen LogP contribution in [-0.4, -0.2) is 44.5 Å². The SMILES string of the molecule is CCc1cc(-c2nc(C(N)CN(CC)CC)no2)n(C)n1. The number of aromatic nitrogens is 4. The lowest BCUT2D eigenvalue weighted by atomic mass is 10.2. The summed E-state index contributed by atoms with van der Waals surface area (Å²) in [5.74, 6) is 1.01. The molecule has 0 amide bonds. The zero-order chi connectivity index (χ0) is 15.4. The molecule has 0 aliphatic rings. The molecule has 2 aromatic rings. The normalized spacial score (nSPS) is 13.0. The van der Waals surface area contributed by atoms with E-state index in [-0.39, 0.29) is 6.04 Å². The number of aryl methyl sites for hydroxylation is 2. The first-order chi connectivity index (χ1) is 10.1. The largest absolute Gasteiger partial charge is 0.332 e. The van der Waals surface area contributed by atoms with Crippen LogP contribution in [0, 0.1) is 0 Å². The van der Waals surface area contributed by atoms with Gasteiger partial charge in [0.15, 0.2) is 5.82 Å². The molecule has 1 atom stereocenters. The molecule has 2 aromatic heterocycles. The van der Waals surface area contributed by atoms with E-state index in [0.29, 0.717) is 11.7 Å². The number of likely N-dealkylation sites (N-methyl/N-ethyl adjacent to an activating group) is 1. The molecule has 0 spiro atoms. The summed E-state index contributed by atoms with van der Waals surface area (Å²) in [6.07, 6.45) is 0.871. The molecule has 7 heteroatoms. The topological polar surface area (TPSA) is 86.0 Å². The molecular weight excluding hydrogens is 268 g/mol. The molecule has 7 nitrogen and oxygen atoms in total. The molecule has 0 aliphatic heterocycles. The standard InChI is InChI=1S/C14H24N6O/c1-5-10-8-12(19(4)17-10)14-16-13(18-21-14)11(15)9-20(6-2)7-3/h8,11H,5-7,9,15H2,1-4H3. The third-order valence-corrected chi connectivity index (χ3v) is 3.63. The quantitative estimate of drug-likeness (QED) is 0.829. The van der Waals surface area contributed by atoms with E-state index in [9.17, 15) is 0 Å². The molecular formula is C14H24N6O. The lowest BCUT2D eigenvalue weighted by Gasteiger charge is -2.20. The van der Waals surface area contributed by atoms with Gasteiger partial charge in [-0.15, -0.1) is 0 Å². The summed E-state index contributed by atoms with van der Waals surface area (Å²) < 4.78 is 7.09. The van der Waals surface area contributed by atoms with Gasteiger partial charge in [0.1, 0.15) is 5.69 Å². The minimum atomic E-state index is -0.249. The van der Waals surface area contributed by atoms with Crippen LogP contribution in [0.5, 0.6) is 0 Å². The molecule has 116 valence electrons. The first-order valence-electron chi connectivity index (χ1n) is 7.43. The molecule has 1 unspecified atom stereocenters. The van der Waals surface area contributed by atoms with Gasteiger partial charge in [0.05, 0.1) is 11.7 Å². The Morgan fingerprint density at radius 2 is 2.05 bits per heavy atom. The second kappa shape index (κ2) is 6.82. The molecule has 0 fully saturated rings. The van der Waals surface area contributed by atoms with E-state index in [1.165, 1.54) is 0 Å². The van der Waals surface area contributed by atoms with Gasteiger partial charge < -0.3 is 15.2 Å². The number of nitrogens with two attached hydrogens (primary N) is 1. The van der Waals surface area contributed by atoms with E-state index in [2.05, 4.69) is 40.9 Å². The number of hydrogen-bond acceptors (Lipinski definition) is 6. The third kappa shape index (κ3) is 3.48. The summed E-state index contributed by atoms with van der Waals surface area (Å²) in [6.45, 7) is 8.91. The minimum absolute atomic E-state index is 0.249. The van der Waals surface area contributed by atoms with Crippen LogP contribution in [0.1, 0.15) is 38.3 Å². The summed E-state index contributed by atoms with van der Waals surface area (Å²) in [5, 5.41) is 8.40. The number of rotatable bonds is 7. The predicted molar refractivity (Wildman–Crippen MR) is 80.6 cm³/mol. The van der Waals surface area contributed by atoms with Crippen molar-refractivity contribution in [3.05, 3.63) is 17.6 Å². The molecule has 2 heterocycles. The summed E-state index contributed by atoms with van der Waals surface area (Å²) in [6, 6.07) is 1.72. The highest BCUT2D eigenvalue weighted by atomic mass is 16.5. The monoisotopic (exact) mass is 292 g/mol. The fourth-order valence-corrected chi connectivity index (χ4v) is 2.23. The van der Waals surface area contributed by atoms with E-state index in [1.54, 1.807) is 4.68 Å². The molecule has 0 aliphatic carbocycles. The maximum absolute atomic E-state index is 6.16. The van der Waals surface area contributed by atoms with Crippen molar-refractivity contribution < 1.29 is 4.52 Å². The molecule has 2 rings (SSSR count). The van der Waals surface area contributed by atoms with Gasteiger partial charge in [-0.3, -0.25) is 4.68 Å². The summed E-state index contributed by atoms with van der Waals surface area (Å²) in [7, 11) is 1.87. The maximum atomic E-state index is 6.16. The highest BCUT2D eigenvalue weighted by Crippen LogP contribution is 2.20. The van der Waals surface area contributed by atoms with Gasteiger partial charge in [0, 0.05) is 13.6 Å². The average molecular weight is 292 g/mol. The van der Waals surface area contributed by atoms with Gasteiger partial charge in [0.25, 0.3) is 5.89 Å². The highest BCUT2D eigenvalue weighted by molar-refractivity contribution is 5.47. The molecule has 2 N–H and O–H groups in total. The average Bonchev–Trinajstić information content (AvgIpc) is 3.10. The van der Waals surface area contributed by atoms with E-state index >= 15 is 0 Å². The van der Waals surface area contributed by atoms with Crippen molar-refractivity contribution in [2.24, 2.45) is 12.8 Å². The summed E-state index contributed by atoms with van der Waals surface area (Å²) in [4.78, 5) is 6.66. The fraction of sp³-hybridized carbons (Fsp3) is 0.643. The van der Waals surface area contributed by atoms with Crippen LogP contribution in [0.3, 0.4) is 0 Å². The highest BCUT2D eigenvalue weighted by Gasteiger charge is 2.19. The van der Waals surface area contributed by atoms with E-state index in [0.717, 1.165) is 37.4 Å². The van der Waals surface area contributed by atoms with Gasteiger partial charge in [-0.2, -0.15) is 10.1 Å². The number of hydrogen-bond donors (Lipinski definition) is 1. The summed E-state index contributed by atoms with van der Waals surface area (Å²) >= 11 is 0. The van der Waals surface area contributed by atoms with Crippen LogP contribution >= 0.6 is 0 Å². The van der Waals surface area contributed by atoms with Crippen LogP contribution in [0.4, 0.5) is 0 Å². The van der Waals surface area contributed by atoms with Crippen LogP contribution < -0.4 is 5.73 Å². The van der Waals surface area contributed by atoms with E-state index in [4.69, 9.17) is 10.3 Å². The lowest BCUT2D eigenvalue weighted by molar-refractivity contribution is 0.278. The molecule has 0 saturated heterocycles. The van der Waals surface area contributed by atoms with E-state index in [1.807, 2.05) is 13.1 Å². The van der Waals surface area contributed by atoms with Crippen molar-refractivity contribution in [3.8, 4) is 11.6 Å². The second-order valence-corrected chi connectivity index (χ2v) is 5.05. The van der Waals surface area contributed by atoms with Gasteiger partial charge in [0.2, 0.25) is 0 Å². The van der Waals surface area contributed by atoms with Gasteiger partial charge in [-0.05, 0) is 25.6 Å². The lowest BCUT2D eigenvalue weighted by Crippen LogP contribution is -2.32. The Morgan fingerprint density at radius 3 is 2.62 bits per heavy atom. The van der Waals surface area contributed by atoms with Gasteiger partial charge in [-0.1, -0.05) is 25.9 Å². The zero-order valence-corrected chi connectivity index (χ0v) is 13.2. The van der Waals surface area contributed by atoms with Crippen molar-refractivity contribution >= 4 is 0 Å². The fourth-order valence-electron chi connectivity index (χ4n) is 2.23. The van der Waals surface area contributed by atoms with Gasteiger partial charge in [-0.25, -0.2) is 0 Å². The Balaban J connectivity index is 2.15. The minimum Gasteiger partial charge on any atom is -0.332 e. The Labute approximate surface area is 125 Å². The maximum Gasteiger partial charge on any atom is 0.276 e. The molecule has 21 heavy (non-hydrogen) atoms. The van der Waals surface area contributed by atoms with Crippen molar-refractivity contribution in [1.29, 1.82) is 0 Å². The first-order valence-corrected chi connectivity index (χ1v) is 7.43.